The topological polar surface area (TPSA) is 67.9 Å². The summed E-state index contributed by atoms with van der Waals surface area (Å²) in [4.78, 5) is 2.43. The summed E-state index contributed by atoms with van der Waals surface area (Å²) in [5.74, 6) is 1.01. The maximum atomic E-state index is 12.8. The first-order valence-electron chi connectivity index (χ1n) is 10.4. The zero-order valence-corrected chi connectivity index (χ0v) is 19.3. The number of hydrogen-bond donors (Lipinski definition) is 1. The lowest BCUT2D eigenvalue weighted by Crippen LogP contribution is -2.36. The molecule has 4 rings (SSSR count). The number of benzene rings is 3. The van der Waals surface area contributed by atoms with E-state index >= 15 is 0 Å². The van der Waals surface area contributed by atoms with Crippen LogP contribution in [0.2, 0.25) is 5.02 Å². The molecule has 32 heavy (non-hydrogen) atoms. The van der Waals surface area contributed by atoms with Crippen LogP contribution in [0, 0.1) is 0 Å². The van der Waals surface area contributed by atoms with Crippen molar-refractivity contribution in [3.63, 3.8) is 0 Å². The molecule has 3 aromatic rings. The second-order valence-electron chi connectivity index (χ2n) is 7.58. The van der Waals surface area contributed by atoms with Crippen molar-refractivity contribution in [2.24, 2.45) is 0 Å². The van der Waals surface area contributed by atoms with Crippen molar-refractivity contribution in [1.82, 2.24) is 0 Å². The van der Waals surface area contributed by atoms with Gasteiger partial charge in [-0.25, -0.2) is 8.42 Å². The van der Waals surface area contributed by atoms with Crippen molar-refractivity contribution in [2.75, 3.05) is 29.8 Å². The van der Waals surface area contributed by atoms with Crippen molar-refractivity contribution >= 4 is 33.0 Å². The summed E-state index contributed by atoms with van der Waals surface area (Å²) in [7, 11) is -1.97. The zero-order chi connectivity index (χ0) is 22.6. The fourth-order valence-corrected chi connectivity index (χ4v) is 4.88. The van der Waals surface area contributed by atoms with Crippen LogP contribution in [0.4, 0.5) is 11.4 Å². The molecule has 1 heterocycles. The van der Waals surface area contributed by atoms with E-state index in [2.05, 4.69) is 9.62 Å². The van der Waals surface area contributed by atoms with Crippen molar-refractivity contribution in [1.29, 1.82) is 0 Å². The summed E-state index contributed by atoms with van der Waals surface area (Å²) in [6.45, 7) is 1.85. The van der Waals surface area contributed by atoms with Gasteiger partial charge < -0.3 is 14.4 Å². The monoisotopic (exact) mass is 472 g/mol. The Labute approximate surface area is 193 Å². The Hall–Kier alpha value is -2.74. The Balaban J connectivity index is 1.40. The van der Waals surface area contributed by atoms with E-state index < -0.39 is 10.0 Å². The number of sulfonamides is 1. The van der Waals surface area contributed by atoms with E-state index in [0.717, 1.165) is 31.6 Å². The highest BCUT2D eigenvalue weighted by atomic mass is 35.5. The molecule has 3 aromatic carbocycles. The Morgan fingerprint density at radius 3 is 2.22 bits per heavy atom. The number of rotatable bonds is 7. The minimum absolute atomic E-state index is 0.148. The lowest BCUT2D eigenvalue weighted by molar-refractivity contribution is 0.0819. The van der Waals surface area contributed by atoms with Crippen LogP contribution in [0.5, 0.6) is 11.5 Å². The fraction of sp³-hybridized carbons (Fsp3) is 0.250. The molecule has 6 nitrogen and oxygen atoms in total. The molecule has 0 unspecified atom stereocenters. The third kappa shape index (κ3) is 5.35. The smallest absolute Gasteiger partial charge is 0.261 e. The first-order valence-corrected chi connectivity index (χ1v) is 12.2. The largest absolute Gasteiger partial charge is 0.456 e. The van der Waals surface area contributed by atoms with Crippen LogP contribution in [0.25, 0.3) is 0 Å². The first kappa shape index (κ1) is 22.5. The van der Waals surface area contributed by atoms with E-state index in [1.54, 1.807) is 43.5 Å². The number of methoxy groups -OCH3 is 1. The number of halogens is 1. The van der Waals surface area contributed by atoms with Crippen molar-refractivity contribution in [3.8, 4) is 11.5 Å². The highest BCUT2D eigenvalue weighted by Crippen LogP contribution is 2.30. The summed E-state index contributed by atoms with van der Waals surface area (Å²) in [5.41, 5.74) is 1.58. The number of anilines is 2. The summed E-state index contributed by atoms with van der Waals surface area (Å²) in [6, 6.07) is 20.7. The zero-order valence-electron chi connectivity index (χ0n) is 17.7. The molecule has 0 atom stereocenters. The van der Waals surface area contributed by atoms with E-state index in [1.807, 2.05) is 24.3 Å². The van der Waals surface area contributed by atoms with Gasteiger partial charge in [0, 0.05) is 31.6 Å². The van der Waals surface area contributed by atoms with E-state index in [9.17, 15) is 8.42 Å². The van der Waals surface area contributed by atoms with Gasteiger partial charge in [-0.2, -0.15) is 0 Å². The maximum absolute atomic E-state index is 12.8. The molecule has 0 aromatic heterocycles. The Morgan fingerprint density at radius 1 is 0.938 bits per heavy atom. The highest BCUT2D eigenvalue weighted by Gasteiger charge is 2.19. The number of piperidine rings is 1. The summed E-state index contributed by atoms with van der Waals surface area (Å²) in [6.07, 6.45) is 2.29. The molecule has 0 radical (unpaired) electrons. The molecule has 0 spiro atoms. The van der Waals surface area contributed by atoms with Crippen LogP contribution in [-0.4, -0.2) is 34.7 Å². The number of nitrogens with one attached hydrogen (secondary N) is 1. The maximum Gasteiger partial charge on any atom is 0.261 e. The van der Waals surface area contributed by atoms with Gasteiger partial charge in [-0.05, 0) is 73.5 Å². The number of ether oxygens (including phenoxy) is 2. The van der Waals surface area contributed by atoms with Crippen LogP contribution >= 0.6 is 11.6 Å². The van der Waals surface area contributed by atoms with Gasteiger partial charge in [0.25, 0.3) is 10.0 Å². The summed E-state index contributed by atoms with van der Waals surface area (Å²) >= 11 is 6.10. The van der Waals surface area contributed by atoms with Gasteiger partial charge in [-0.3, -0.25) is 4.72 Å². The third-order valence-corrected chi connectivity index (χ3v) is 7.17. The highest BCUT2D eigenvalue weighted by molar-refractivity contribution is 7.92. The number of para-hydroxylation sites is 1. The van der Waals surface area contributed by atoms with Crippen LogP contribution in [0.1, 0.15) is 12.8 Å². The van der Waals surface area contributed by atoms with Crippen molar-refractivity contribution in [2.45, 2.75) is 23.8 Å². The molecule has 1 aliphatic heterocycles. The SMILES string of the molecule is COC1CCN(c2ccc(NS(=O)(=O)c3ccc(Oc4ccccc4Cl)cc3)cc2)CC1. The third-order valence-electron chi connectivity index (χ3n) is 5.46. The average molecular weight is 473 g/mol. The van der Waals surface area contributed by atoms with Crippen LogP contribution in [-0.2, 0) is 14.8 Å². The van der Waals surface area contributed by atoms with Gasteiger partial charge in [0.15, 0.2) is 0 Å². The van der Waals surface area contributed by atoms with Gasteiger partial charge in [0.2, 0.25) is 0 Å². The minimum Gasteiger partial charge on any atom is -0.456 e. The molecule has 168 valence electrons. The van der Waals surface area contributed by atoms with E-state index in [4.69, 9.17) is 21.1 Å². The molecule has 1 N–H and O–H groups in total. The van der Waals surface area contributed by atoms with Crippen LogP contribution in [0.3, 0.4) is 0 Å². The van der Waals surface area contributed by atoms with E-state index in [1.165, 1.54) is 12.1 Å². The molecule has 1 fully saturated rings. The molecular weight excluding hydrogens is 448 g/mol. The molecule has 1 saturated heterocycles. The van der Waals surface area contributed by atoms with E-state index in [-0.39, 0.29) is 4.90 Å². The van der Waals surface area contributed by atoms with Crippen LogP contribution < -0.4 is 14.4 Å². The van der Waals surface area contributed by atoms with Gasteiger partial charge in [-0.1, -0.05) is 23.7 Å². The number of nitrogens with zero attached hydrogens (tertiary/aromatic N) is 1. The molecular formula is C24H25ClN2O4S. The van der Waals surface area contributed by atoms with Gasteiger partial charge in [-0.15, -0.1) is 0 Å². The lowest BCUT2D eigenvalue weighted by Gasteiger charge is -2.33. The minimum atomic E-state index is -3.72. The standard InChI is InChI=1S/C24H25ClN2O4S/c1-30-20-14-16-27(17-15-20)19-8-6-18(7-9-19)26-32(28,29)22-12-10-21(11-13-22)31-24-5-3-2-4-23(24)25/h2-13,20,26H,14-17H2,1H3. The number of hydrogen-bond acceptors (Lipinski definition) is 5. The molecule has 1 aliphatic rings. The van der Waals surface area contributed by atoms with Gasteiger partial charge in [0.1, 0.15) is 11.5 Å². The summed E-state index contributed by atoms with van der Waals surface area (Å²) < 4.78 is 39.3. The van der Waals surface area contributed by atoms with Gasteiger partial charge >= 0.3 is 0 Å². The van der Waals surface area contributed by atoms with Crippen molar-refractivity contribution in [3.05, 3.63) is 77.8 Å². The van der Waals surface area contributed by atoms with Crippen LogP contribution in [0.15, 0.2) is 77.7 Å². The second-order valence-corrected chi connectivity index (χ2v) is 9.67. The molecule has 0 aliphatic carbocycles. The second kappa shape index (κ2) is 9.81. The van der Waals surface area contributed by atoms with Gasteiger partial charge in [0.05, 0.1) is 16.0 Å². The van der Waals surface area contributed by atoms with E-state index in [0.29, 0.717) is 28.3 Å². The molecule has 0 amide bonds. The Morgan fingerprint density at radius 2 is 1.59 bits per heavy atom. The van der Waals surface area contributed by atoms with Crippen molar-refractivity contribution < 1.29 is 17.9 Å². The summed E-state index contributed by atoms with van der Waals surface area (Å²) in [5, 5.41) is 0.484. The first-order chi connectivity index (χ1) is 15.4. The fourth-order valence-electron chi connectivity index (χ4n) is 3.65. The lowest BCUT2D eigenvalue weighted by atomic mass is 10.1. The Bertz CT molecular complexity index is 1140. The predicted molar refractivity (Wildman–Crippen MR) is 127 cm³/mol. The average Bonchev–Trinajstić information content (AvgIpc) is 2.81. The molecule has 0 bridgehead atoms. The predicted octanol–water partition coefficient (Wildman–Crippen LogP) is 5.55. The normalized spacial score (nSPS) is 14.9. The molecule has 8 heteroatoms. The quantitative estimate of drug-likeness (QED) is 0.488. The Kier molecular flexibility index (Phi) is 6.89. The molecule has 0 saturated carbocycles.